The zero-order valence-electron chi connectivity index (χ0n) is 5.71. The minimum absolute atomic E-state index is 1.03. The van der Waals surface area contributed by atoms with Crippen molar-refractivity contribution >= 4 is 0 Å². The van der Waals surface area contributed by atoms with Crippen molar-refractivity contribution in [3.63, 3.8) is 0 Å². The molecule has 1 aliphatic rings. The highest BCUT2D eigenvalue weighted by atomic mass is 19.2. The molecule has 0 aromatic heterocycles. The Labute approximate surface area is 58.8 Å². The normalized spacial score (nSPS) is 46.0. The largest absolute Gasteiger partial charge is 0.357 e. The molecule has 0 amide bonds. The van der Waals surface area contributed by atoms with Crippen molar-refractivity contribution in [2.75, 3.05) is 0 Å². The highest BCUT2D eigenvalue weighted by Gasteiger charge is 2.41. The summed E-state index contributed by atoms with van der Waals surface area (Å²) < 4.78 is 12.9. The van der Waals surface area contributed by atoms with Gasteiger partial charge in [-0.05, 0) is 13.0 Å². The second-order valence-corrected chi connectivity index (χ2v) is 2.67. The third kappa shape index (κ3) is 0.978. The molecule has 10 heavy (non-hydrogen) atoms. The molecule has 1 aliphatic carbocycles. The predicted molar refractivity (Wildman–Crippen MR) is 36.9 cm³/mol. The predicted octanol–water partition coefficient (Wildman–Crippen LogP) is 0.488. The summed E-state index contributed by atoms with van der Waals surface area (Å²) in [6.07, 6.45) is 5.49. The Hall–Kier alpha value is -0.670. The van der Waals surface area contributed by atoms with Gasteiger partial charge in [-0.3, -0.25) is 0 Å². The lowest BCUT2D eigenvalue weighted by atomic mass is 9.90. The molecule has 0 spiro atoms. The van der Waals surface area contributed by atoms with E-state index in [1.807, 2.05) is 0 Å². The SMILES string of the molecule is CC1(N)C=CC=CC1(O)F. The van der Waals surface area contributed by atoms with Crippen LogP contribution in [0.1, 0.15) is 6.92 Å². The van der Waals surface area contributed by atoms with E-state index in [1.165, 1.54) is 19.1 Å². The van der Waals surface area contributed by atoms with Crippen molar-refractivity contribution < 1.29 is 9.50 Å². The van der Waals surface area contributed by atoms with Crippen LogP contribution in [-0.4, -0.2) is 16.5 Å². The lowest BCUT2D eigenvalue weighted by molar-refractivity contribution is -0.0839. The fourth-order valence-electron chi connectivity index (χ4n) is 0.735. The molecule has 2 nitrogen and oxygen atoms in total. The van der Waals surface area contributed by atoms with E-state index < -0.39 is 11.4 Å². The Bertz CT molecular complexity index is 172. The van der Waals surface area contributed by atoms with Gasteiger partial charge < -0.3 is 10.8 Å². The highest BCUT2D eigenvalue weighted by molar-refractivity contribution is 5.26. The fourth-order valence-corrected chi connectivity index (χ4v) is 0.735. The first kappa shape index (κ1) is 7.44. The van der Waals surface area contributed by atoms with Crippen molar-refractivity contribution in [2.24, 2.45) is 5.73 Å². The Balaban J connectivity index is 2.96. The van der Waals surface area contributed by atoms with E-state index in [1.54, 1.807) is 6.08 Å². The molecule has 2 unspecified atom stereocenters. The molecule has 0 aliphatic heterocycles. The molecule has 56 valence electrons. The molecule has 0 saturated heterocycles. The van der Waals surface area contributed by atoms with E-state index in [0.717, 1.165) is 6.08 Å². The maximum Gasteiger partial charge on any atom is 0.247 e. The zero-order valence-corrected chi connectivity index (χ0v) is 5.71. The average Bonchev–Trinajstić information content (AvgIpc) is 1.77. The number of halogens is 1. The van der Waals surface area contributed by atoms with E-state index in [4.69, 9.17) is 10.8 Å². The van der Waals surface area contributed by atoms with Crippen LogP contribution >= 0.6 is 0 Å². The summed E-state index contributed by atoms with van der Waals surface area (Å²) >= 11 is 0. The summed E-state index contributed by atoms with van der Waals surface area (Å²) in [4.78, 5) is 0. The van der Waals surface area contributed by atoms with Gasteiger partial charge in [0.05, 0.1) is 5.54 Å². The van der Waals surface area contributed by atoms with Gasteiger partial charge in [0.1, 0.15) is 0 Å². The van der Waals surface area contributed by atoms with Crippen molar-refractivity contribution in [1.82, 2.24) is 0 Å². The van der Waals surface area contributed by atoms with Crippen LogP contribution in [0.5, 0.6) is 0 Å². The number of allylic oxidation sites excluding steroid dienone is 2. The molecule has 1 rings (SSSR count). The highest BCUT2D eigenvalue weighted by Crippen LogP contribution is 2.27. The molecule has 0 fully saturated rings. The van der Waals surface area contributed by atoms with E-state index in [-0.39, 0.29) is 0 Å². The van der Waals surface area contributed by atoms with Crippen molar-refractivity contribution in [1.29, 1.82) is 0 Å². The molecule has 0 bridgehead atoms. The molecule has 0 heterocycles. The molecule has 3 heteroatoms. The zero-order chi connectivity index (χ0) is 7.83. The smallest absolute Gasteiger partial charge is 0.247 e. The summed E-state index contributed by atoms with van der Waals surface area (Å²) in [6.45, 7) is 1.42. The summed E-state index contributed by atoms with van der Waals surface area (Å²) in [6, 6.07) is 0. The number of rotatable bonds is 0. The van der Waals surface area contributed by atoms with Crippen LogP contribution in [0.15, 0.2) is 24.3 Å². The Morgan fingerprint density at radius 3 is 2.20 bits per heavy atom. The van der Waals surface area contributed by atoms with Crippen molar-refractivity contribution in [2.45, 2.75) is 18.3 Å². The summed E-state index contributed by atoms with van der Waals surface area (Å²) in [7, 11) is 0. The summed E-state index contributed by atoms with van der Waals surface area (Å²) in [5.41, 5.74) is 4.09. The van der Waals surface area contributed by atoms with E-state index in [2.05, 4.69) is 0 Å². The second-order valence-electron chi connectivity index (χ2n) is 2.67. The van der Waals surface area contributed by atoms with E-state index >= 15 is 0 Å². The third-order valence-corrected chi connectivity index (χ3v) is 1.63. The monoisotopic (exact) mass is 143 g/mol. The van der Waals surface area contributed by atoms with Crippen molar-refractivity contribution in [3.05, 3.63) is 24.3 Å². The molecule has 0 radical (unpaired) electrons. The summed E-state index contributed by atoms with van der Waals surface area (Å²) in [5, 5.41) is 8.97. The van der Waals surface area contributed by atoms with Gasteiger partial charge in [-0.25, -0.2) is 4.39 Å². The van der Waals surface area contributed by atoms with Gasteiger partial charge in [-0.15, -0.1) is 0 Å². The Morgan fingerprint density at radius 2 is 1.90 bits per heavy atom. The molecule has 0 aromatic carbocycles. The second kappa shape index (κ2) is 1.90. The summed E-state index contributed by atoms with van der Waals surface area (Å²) in [5.74, 6) is -2.41. The lowest BCUT2D eigenvalue weighted by Gasteiger charge is -2.32. The first-order valence-electron chi connectivity index (χ1n) is 3.03. The molecule has 3 N–H and O–H groups in total. The first-order chi connectivity index (χ1) is 4.46. The van der Waals surface area contributed by atoms with Gasteiger partial charge in [0.25, 0.3) is 0 Å². The topological polar surface area (TPSA) is 46.2 Å². The number of nitrogens with two attached hydrogens (primary N) is 1. The van der Waals surface area contributed by atoms with Crippen LogP contribution in [0.3, 0.4) is 0 Å². The number of alkyl halides is 1. The van der Waals surface area contributed by atoms with Gasteiger partial charge in [-0.1, -0.05) is 18.2 Å². The number of hydrogen-bond donors (Lipinski definition) is 2. The molecular weight excluding hydrogens is 133 g/mol. The van der Waals surface area contributed by atoms with Crippen molar-refractivity contribution in [3.8, 4) is 0 Å². The molecular formula is C7H10FNO. The van der Waals surface area contributed by atoms with Crippen LogP contribution < -0.4 is 5.73 Å². The standard InChI is InChI=1S/C7H10FNO/c1-6(9)4-2-3-5-7(6,8)10/h2-5,10H,9H2,1H3. The molecule has 2 atom stereocenters. The van der Waals surface area contributed by atoms with Gasteiger partial charge in [0.2, 0.25) is 5.85 Å². The van der Waals surface area contributed by atoms with E-state index in [0.29, 0.717) is 0 Å². The quantitative estimate of drug-likeness (QED) is 0.518. The van der Waals surface area contributed by atoms with Crippen LogP contribution in [0.4, 0.5) is 4.39 Å². The minimum Gasteiger partial charge on any atom is -0.357 e. The number of hydrogen-bond acceptors (Lipinski definition) is 2. The van der Waals surface area contributed by atoms with Crippen LogP contribution in [0, 0.1) is 0 Å². The maximum absolute atomic E-state index is 12.9. The van der Waals surface area contributed by atoms with Crippen LogP contribution in [0.25, 0.3) is 0 Å². The average molecular weight is 143 g/mol. The first-order valence-corrected chi connectivity index (χ1v) is 3.03. The van der Waals surface area contributed by atoms with Crippen LogP contribution in [-0.2, 0) is 0 Å². The number of aliphatic hydroxyl groups is 1. The molecule has 0 saturated carbocycles. The minimum atomic E-state index is -2.41. The van der Waals surface area contributed by atoms with Gasteiger partial charge in [0, 0.05) is 0 Å². The van der Waals surface area contributed by atoms with Gasteiger partial charge in [0.15, 0.2) is 0 Å². The third-order valence-electron chi connectivity index (χ3n) is 1.63. The Kier molecular flexibility index (Phi) is 1.42. The van der Waals surface area contributed by atoms with Crippen LogP contribution in [0.2, 0.25) is 0 Å². The lowest BCUT2D eigenvalue weighted by Crippen LogP contribution is -2.54. The Morgan fingerprint density at radius 1 is 1.40 bits per heavy atom. The van der Waals surface area contributed by atoms with E-state index in [9.17, 15) is 4.39 Å². The fraction of sp³-hybridized carbons (Fsp3) is 0.429. The maximum atomic E-state index is 12.9. The molecule has 0 aromatic rings. The van der Waals surface area contributed by atoms with Gasteiger partial charge in [-0.2, -0.15) is 0 Å². The van der Waals surface area contributed by atoms with Gasteiger partial charge >= 0.3 is 0 Å².